The molecule has 0 radical (unpaired) electrons. The number of Topliss-reactive ketones (excluding diaryl/α,β-unsaturated/α-hetero) is 5. The molecule has 724 valence electrons. The maximum atomic E-state index is 13.9. The Morgan fingerprint density at radius 1 is 0.566 bits per heavy atom. The topological polar surface area (TPSA) is 564 Å². The second-order valence-electron chi connectivity index (χ2n) is 32.4. The second kappa shape index (κ2) is 62.2. The lowest BCUT2D eigenvalue weighted by atomic mass is 9.90. The van der Waals surface area contributed by atoms with E-state index in [4.69, 9.17) is 54.1 Å². The minimum atomic E-state index is -1.38. The van der Waals surface area contributed by atoms with Crippen molar-refractivity contribution in [2.24, 2.45) is 33.3 Å². The lowest BCUT2D eigenvalue weighted by Crippen LogP contribution is -2.63. The molecule has 2 aromatic rings. The molecule has 0 saturated carbocycles. The highest BCUT2D eigenvalue weighted by molar-refractivity contribution is 8.00. The van der Waals surface area contributed by atoms with Crippen LogP contribution < -0.4 is 59.3 Å². The van der Waals surface area contributed by atoms with E-state index in [0.717, 1.165) is 43.6 Å². The molecule has 6 heterocycles. The van der Waals surface area contributed by atoms with Crippen LogP contribution in [-0.2, 0) is 94.0 Å². The summed E-state index contributed by atoms with van der Waals surface area (Å²) in [7, 11) is 1.31. The molecule has 0 aliphatic carbocycles. The molecule has 3 saturated heterocycles. The molecular weight excluding hydrogens is 1740 g/mol. The average Bonchev–Trinajstić information content (AvgIpc) is 1.50. The van der Waals surface area contributed by atoms with Gasteiger partial charge in [-0.05, 0) is 82.9 Å². The number of anilines is 1. The van der Waals surface area contributed by atoms with Crippen LogP contribution in [-0.4, -0.2) is 327 Å². The first-order valence-corrected chi connectivity index (χ1v) is 48.4. The Bertz CT molecular complexity index is 3870. The number of nitrogens with two attached hydrogens (primary N) is 2. The number of aliphatic hydroxyl groups excluding tert-OH is 3. The lowest BCUT2D eigenvalue weighted by Gasteiger charge is -2.42. The summed E-state index contributed by atoms with van der Waals surface area (Å²) in [5, 5.41) is 64.5. The van der Waals surface area contributed by atoms with Crippen molar-refractivity contribution >= 4 is 124 Å². The van der Waals surface area contributed by atoms with Gasteiger partial charge in [0.25, 0.3) is 0 Å². The van der Waals surface area contributed by atoms with E-state index < -0.39 is 72.2 Å². The third-order valence-electron chi connectivity index (χ3n) is 22.2. The molecule has 0 bridgehead atoms. The first-order valence-electron chi connectivity index (χ1n) is 45.2. The Kier molecular flexibility index (Phi) is 52.0. The predicted octanol–water partition coefficient (Wildman–Crippen LogP) is 2.89. The zero-order valence-electron chi connectivity index (χ0n) is 74.8. The molecule has 5 aliphatic rings. The number of rotatable bonds is 71. The number of carbonyl (C=O) groups is 12. The van der Waals surface area contributed by atoms with E-state index in [2.05, 4.69) is 68.1 Å². The van der Waals surface area contributed by atoms with Gasteiger partial charge in [-0.1, -0.05) is 43.7 Å². The van der Waals surface area contributed by atoms with E-state index in [-0.39, 0.29) is 250 Å². The summed E-state index contributed by atoms with van der Waals surface area (Å²) in [5.74, 6) is 0.259. The summed E-state index contributed by atoms with van der Waals surface area (Å²) in [6.07, 6.45) is 9.38. The van der Waals surface area contributed by atoms with E-state index >= 15 is 0 Å². The van der Waals surface area contributed by atoms with E-state index in [1.54, 1.807) is 16.9 Å². The van der Waals surface area contributed by atoms with Crippen LogP contribution in [0.2, 0.25) is 0 Å². The zero-order chi connectivity index (χ0) is 92.9. The van der Waals surface area contributed by atoms with Crippen molar-refractivity contribution in [3.05, 3.63) is 41.2 Å². The number of aryl methyl sites for hydroxylation is 1. The largest absolute Gasteiger partial charge is 0.469 e. The van der Waals surface area contributed by atoms with Crippen LogP contribution in [0.3, 0.4) is 0 Å². The number of ether oxygens (including phenoxy) is 9. The number of thioether (sulfide) groups is 3. The third kappa shape index (κ3) is 42.9. The number of ketones is 5. The highest BCUT2D eigenvalue weighted by atomic mass is 32.2. The number of carbonyl (C=O) groups excluding carboxylic acids is 12. The molecule has 1 aromatic carbocycles. The van der Waals surface area contributed by atoms with Gasteiger partial charge in [0, 0.05) is 161 Å². The quantitative estimate of drug-likeness (QED) is 0.0257. The van der Waals surface area contributed by atoms with Crippen LogP contribution in [0.1, 0.15) is 194 Å². The summed E-state index contributed by atoms with van der Waals surface area (Å²) in [4.78, 5) is 163. The van der Waals surface area contributed by atoms with Gasteiger partial charge < -0.3 is 117 Å². The SMILES string of the molecule is COC(=O)[C@H](CCCCCC(=O)c1cc(NC(=O)NCCOCCOCCNC(=O)CCc2cn(CCOCCOCCOC(=O)NCCCC(=O)NCCOCCOCCNC(=O)CCSC3OC(CO)C(O)C(O)C3NC(C)=O)nn2)cc(C(=O)CCCCC[C@H](CC(=O)CCCC[C@@H]2SC[C@@H]3NC(N)=N[C@@H]32)C(C)=O)c1)CC(=O)CCCC[C@@H]1SC[C@@H]2NC(N)=N[C@@H]21. The Labute approximate surface area is 767 Å². The third-order valence-corrected chi connectivity index (χ3v) is 26.3. The number of alkyl carbamates (subject to hydrolysis) is 1. The number of nitrogens with zero attached hydrogens (tertiary/aromatic N) is 5. The fourth-order valence-electron chi connectivity index (χ4n) is 15.2. The molecule has 16 N–H and O–H groups in total. The Morgan fingerprint density at radius 2 is 1.07 bits per heavy atom. The number of aliphatic imine (C=N–C) groups is 2. The summed E-state index contributed by atoms with van der Waals surface area (Å²) in [5.41, 5.74) is 12.4. The van der Waals surface area contributed by atoms with Crippen molar-refractivity contribution in [2.75, 3.05) is 155 Å². The van der Waals surface area contributed by atoms with Crippen LogP contribution in [0, 0.1) is 11.8 Å². The summed E-state index contributed by atoms with van der Waals surface area (Å²) in [6, 6.07) is 3.99. The number of fused-ring (bicyclic) bond motifs is 2. The molecule has 7 amide bonds. The van der Waals surface area contributed by atoms with Gasteiger partial charge in [0.05, 0.1) is 141 Å². The maximum absolute atomic E-state index is 13.9. The van der Waals surface area contributed by atoms with Gasteiger partial charge in [-0.3, -0.25) is 47.9 Å². The average molecular weight is 1880 g/mol. The number of aromatic nitrogens is 3. The minimum Gasteiger partial charge on any atom is -0.469 e. The van der Waals surface area contributed by atoms with Gasteiger partial charge >= 0.3 is 18.1 Å². The second-order valence-corrected chi connectivity index (χ2v) is 36.2. The van der Waals surface area contributed by atoms with Crippen molar-refractivity contribution in [2.45, 2.75) is 245 Å². The molecule has 5 unspecified atom stereocenters. The van der Waals surface area contributed by atoms with Crippen LogP contribution >= 0.6 is 35.3 Å². The number of esters is 1. The van der Waals surface area contributed by atoms with E-state index in [1.807, 2.05) is 23.5 Å². The highest BCUT2D eigenvalue weighted by Crippen LogP contribution is 2.37. The van der Waals surface area contributed by atoms with Gasteiger partial charge in [-0.15, -0.1) is 16.9 Å². The number of urea groups is 1. The van der Waals surface area contributed by atoms with Crippen molar-refractivity contribution in [3.8, 4) is 0 Å². The van der Waals surface area contributed by atoms with Crippen molar-refractivity contribution in [1.29, 1.82) is 0 Å². The standard InChI is InChI=1S/C86H138N16O24S3/c1-56(104)58(50-64(106)17-10-12-21-71-76-66(54-128-71)96-83(87)98-76)15-6-4-8-19-68(108)60-47-61(69(109)20-9-5-7-16-59(81(115)118-3)51-65(107)18-11-13-22-72-77-67(55-129-72)97-84(88)99-77)49-63(48-60)95-85(116)92-31-36-122-41-40-120-34-29-90-74(111)25-24-62-52-102(101-100-62)32-37-123-42-43-124-44-45-125-86(117)93-27-14-23-73(110)89-28-33-119-38-39-121-35-30-91-75(112)26-46-127-82-78(94-57(2)105)80(114)79(113)70(53-103)126-82/h47-49,52,58-59,66-67,70-72,76-80,82,103,113-114H,4-46,50-51,53-55H2,1-3H3,(H,89,110)(H,90,111)(H,91,112)(H,93,117)(H,94,105)(H3,87,96,98)(H3,88,97,99)(H2,92,95,116)/t58-,59-,66+,67+,70?,71+,72+,76+,77+,78?,79?,80?,82?/m1/s1. The fraction of sp³-hybridized carbons (Fsp3) is 0.744. The Morgan fingerprint density at radius 3 is 1.61 bits per heavy atom. The number of aliphatic hydroxyl groups is 3. The molecule has 129 heavy (non-hydrogen) atoms. The van der Waals surface area contributed by atoms with Crippen LogP contribution in [0.25, 0.3) is 0 Å². The molecule has 13 atom stereocenters. The number of unbranched alkanes of at least 4 members (excludes halogenated alkanes) is 6. The van der Waals surface area contributed by atoms with Crippen molar-refractivity contribution < 1.29 is 115 Å². The van der Waals surface area contributed by atoms with Gasteiger partial charge in [-0.2, -0.15) is 23.5 Å². The molecule has 1 aromatic heterocycles. The number of hydrogen-bond donors (Lipinski definition) is 14. The summed E-state index contributed by atoms with van der Waals surface area (Å²) in [6.45, 7) is 6.71. The van der Waals surface area contributed by atoms with Crippen LogP contribution in [0.4, 0.5) is 15.3 Å². The summed E-state index contributed by atoms with van der Waals surface area (Å²) >= 11 is 4.94. The molecule has 0 spiro atoms. The normalized spacial score (nSPS) is 20.6. The number of guanidine groups is 2. The first kappa shape index (κ1) is 108. The molecular formula is C86H138N16O24S3. The lowest BCUT2D eigenvalue weighted by molar-refractivity contribution is -0.173. The number of amides is 7. The maximum Gasteiger partial charge on any atom is 0.407 e. The zero-order valence-corrected chi connectivity index (χ0v) is 77.2. The van der Waals surface area contributed by atoms with Crippen molar-refractivity contribution in [3.63, 3.8) is 0 Å². The van der Waals surface area contributed by atoms with Gasteiger partial charge in [0.2, 0.25) is 23.6 Å². The monoisotopic (exact) mass is 1870 g/mol. The van der Waals surface area contributed by atoms with Gasteiger partial charge in [-0.25, -0.2) is 24.3 Å². The van der Waals surface area contributed by atoms with Gasteiger partial charge in [0.15, 0.2) is 23.5 Å². The Hall–Kier alpha value is -8.21. The number of nitrogens with one attached hydrogen (secondary N) is 9. The van der Waals surface area contributed by atoms with E-state index in [1.165, 1.54) is 44.9 Å². The molecule has 5 aliphatic heterocycles. The molecule has 43 heteroatoms. The predicted molar refractivity (Wildman–Crippen MR) is 485 cm³/mol. The van der Waals surface area contributed by atoms with Crippen LogP contribution in [0.5, 0.6) is 0 Å². The fourth-order valence-corrected chi connectivity index (χ4v) is 19.5. The van der Waals surface area contributed by atoms with Crippen molar-refractivity contribution in [1.82, 2.24) is 57.5 Å². The molecule has 7 rings (SSSR count). The molecule has 40 nitrogen and oxygen atoms in total. The first-order chi connectivity index (χ1) is 62.4. The highest BCUT2D eigenvalue weighted by Gasteiger charge is 2.46. The number of methoxy groups -OCH3 is 1. The number of hydrogen-bond acceptors (Lipinski definition) is 35. The van der Waals surface area contributed by atoms with Gasteiger partial charge in [0.1, 0.15) is 47.7 Å². The molecule has 3 fully saturated rings. The minimum absolute atomic E-state index is 0.00761. The number of benzene rings is 1. The smallest absolute Gasteiger partial charge is 0.407 e. The summed E-state index contributed by atoms with van der Waals surface area (Å²) < 4.78 is 50.8. The van der Waals surface area contributed by atoms with E-state index in [0.29, 0.717) is 125 Å². The van der Waals surface area contributed by atoms with Crippen LogP contribution in [0.15, 0.2) is 34.4 Å². The Balaban J connectivity index is 0.672. The van der Waals surface area contributed by atoms with E-state index in [9.17, 15) is 72.9 Å².